The van der Waals surface area contributed by atoms with Gasteiger partial charge in [-0.25, -0.2) is 9.18 Å². The van der Waals surface area contributed by atoms with E-state index >= 15 is 0 Å². The molecule has 0 aliphatic rings. The van der Waals surface area contributed by atoms with Crippen LogP contribution in [0.5, 0.6) is 5.75 Å². The number of alkyl halides is 1. The number of nitrogens with zero attached hydrogens (tertiary/aromatic N) is 2. The van der Waals surface area contributed by atoms with Gasteiger partial charge in [0.25, 0.3) is 0 Å². The van der Waals surface area contributed by atoms with Crippen molar-refractivity contribution in [3.8, 4) is 5.75 Å². The minimum atomic E-state index is -1.00. The van der Waals surface area contributed by atoms with Gasteiger partial charge in [0.2, 0.25) is 0 Å². The van der Waals surface area contributed by atoms with Crippen LogP contribution in [0.15, 0.2) is 6.20 Å². The number of hydrogen-bond donors (Lipinski definition) is 0. The van der Waals surface area contributed by atoms with Crippen molar-refractivity contribution in [2.75, 3.05) is 0 Å². The van der Waals surface area contributed by atoms with E-state index in [9.17, 15) is 9.18 Å². The van der Waals surface area contributed by atoms with E-state index in [1.165, 1.54) is 10.9 Å². The van der Waals surface area contributed by atoms with E-state index in [0.717, 1.165) is 0 Å². The van der Waals surface area contributed by atoms with Gasteiger partial charge in [-0.15, -0.1) is 0 Å². The van der Waals surface area contributed by atoms with Crippen molar-refractivity contribution in [3.05, 3.63) is 11.9 Å². The summed E-state index contributed by atoms with van der Waals surface area (Å²) >= 11 is 4.93. The lowest BCUT2D eigenvalue weighted by molar-refractivity contribution is 0.225. The fraction of sp³-hybridized carbons (Fsp3) is 0.333. The maximum absolute atomic E-state index is 12.1. The third kappa shape index (κ3) is 1.94. The van der Waals surface area contributed by atoms with Crippen LogP contribution in [0.2, 0.25) is 0 Å². The molecule has 6 heteroatoms. The molecule has 0 aliphatic carbocycles. The molecule has 12 heavy (non-hydrogen) atoms. The van der Waals surface area contributed by atoms with Gasteiger partial charge in [0.1, 0.15) is 12.4 Å². The highest BCUT2D eigenvalue weighted by molar-refractivity contribution is 6.61. The Morgan fingerprint density at radius 1 is 1.92 bits per heavy atom. The van der Waals surface area contributed by atoms with Crippen LogP contribution in [-0.2, 0) is 13.7 Å². The van der Waals surface area contributed by atoms with E-state index < -0.39 is 12.1 Å². The summed E-state index contributed by atoms with van der Waals surface area (Å²) in [6.45, 7) is -0.791. The highest BCUT2D eigenvalue weighted by Gasteiger charge is 2.10. The van der Waals surface area contributed by atoms with E-state index in [4.69, 9.17) is 11.6 Å². The summed E-state index contributed by atoms with van der Waals surface area (Å²) < 4.78 is 17.9. The van der Waals surface area contributed by atoms with Gasteiger partial charge in [-0.3, -0.25) is 4.68 Å². The number of ether oxygens (including phenoxy) is 1. The molecule has 1 heterocycles. The predicted molar refractivity (Wildman–Crippen MR) is 39.9 cm³/mol. The van der Waals surface area contributed by atoms with Crippen LogP contribution in [0.4, 0.5) is 9.18 Å². The first-order valence-corrected chi connectivity index (χ1v) is 3.47. The van der Waals surface area contributed by atoms with Crippen LogP contribution in [0.25, 0.3) is 0 Å². The molecular formula is C6H6ClFN2O2. The molecule has 0 fully saturated rings. The summed E-state index contributed by atoms with van der Waals surface area (Å²) in [5, 5.41) is 3.69. The van der Waals surface area contributed by atoms with E-state index in [0.29, 0.717) is 0 Å². The number of rotatable bonds is 2. The average molecular weight is 193 g/mol. The third-order valence-corrected chi connectivity index (χ3v) is 1.26. The number of hydrogen-bond acceptors (Lipinski definition) is 3. The zero-order chi connectivity index (χ0) is 9.14. The fourth-order valence-corrected chi connectivity index (χ4v) is 0.860. The molecule has 0 aliphatic heterocycles. The van der Waals surface area contributed by atoms with E-state index in [1.807, 2.05) is 0 Å². The summed E-state index contributed by atoms with van der Waals surface area (Å²) in [7, 11) is 1.59. The maximum Gasteiger partial charge on any atom is 0.409 e. The molecule has 0 saturated heterocycles. The second kappa shape index (κ2) is 3.53. The highest BCUT2D eigenvalue weighted by Crippen LogP contribution is 2.17. The van der Waals surface area contributed by atoms with Gasteiger partial charge in [0.05, 0.1) is 6.20 Å². The second-order valence-electron chi connectivity index (χ2n) is 2.09. The Morgan fingerprint density at radius 3 is 3.08 bits per heavy atom. The standard InChI is InChI=1S/C6H6ClFN2O2/c1-10-3-5(12-6(7)11)4(2-8)9-10/h3H,2H2,1H3. The lowest BCUT2D eigenvalue weighted by Gasteiger charge is -1.94. The Bertz CT molecular complexity index is 300. The van der Waals surface area contributed by atoms with Crippen molar-refractivity contribution < 1.29 is 13.9 Å². The topological polar surface area (TPSA) is 44.1 Å². The van der Waals surface area contributed by atoms with Crippen LogP contribution in [0.3, 0.4) is 0 Å². The van der Waals surface area contributed by atoms with Crippen LogP contribution in [0, 0.1) is 0 Å². The van der Waals surface area contributed by atoms with Crippen molar-refractivity contribution in [2.45, 2.75) is 6.67 Å². The molecule has 0 N–H and O–H groups in total. The van der Waals surface area contributed by atoms with Crippen molar-refractivity contribution >= 4 is 17.0 Å². The molecular weight excluding hydrogens is 187 g/mol. The Morgan fingerprint density at radius 2 is 2.58 bits per heavy atom. The largest absolute Gasteiger partial charge is 0.411 e. The lowest BCUT2D eigenvalue weighted by atomic mass is 10.4. The predicted octanol–water partition coefficient (Wildman–Crippen LogP) is 1.63. The smallest absolute Gasteiger partial charge is 0.409 e. The van der Waals surface area contributed by atoms with Gasteiger partial charge in [0.15, 0.2) is 5.75 Å². The summed E-state index contributed by atoms with van der Waals surface area (Å²) in [5.41, 5.74) is -0.941. The Hall–Kier alpha value is -1.10. The molecule has 1 aromatic rings. The van der Waals surface area contributed by atoms with Gasteiger partial charge in [0, 0.05) is 18.6 Å². The van der Waals surface area contributed by atoms with E-state index in [-0.39, 0.29) is 11.4 Å². The number of carbonyl (C=O) groups is 1. The summed E-state index contributed by atoms with van der Waals surface area (Å²) in [4.78, 5) is 10.3. The van der Waals surface area contributed by atoms with Crippen LogP contribution < -0.4 is 4.74 Å². The first-order valence-electron chi connectivity index (χ1n) is 3.09. The summed E-state index contributed by atoms with van der Waals surface area (Å²) in [6.07, 6.45) is 1.37. The molecule has 0 unspecified atom stereocenters. The Balaban J connectivity index is 2.89. The summed E-state index contributed by atoms with van der Waals surface area (Å²) in [6, 6.07) is 0. The second-order valence-corrected chi connectivity index (χ2v) is 2.40. The molecule has 1 aromatic heterocycles. The fourth-order valence-electron chi connectivity index (χ4n) is 0.777. The van der Waals surface area contributed by atoms with Crippen molar-refractivity contribution in [1.82, 2.24) is 9.78 Å². The zero-order valence-corrected chi connectivity index (χ0v) is 7.01. The lowest BCUT2D eigenvalue weighted by Crippen LogP contribution is -1.97. The van der Waals surface area contributed by atoms with Gasteiger partial charge in [-0.2, -0.15) is 5.10 Å². The molecule has 0 spiro atoms. The van der Waals surface area contributed by atoms with Crippen molar-refractivity contribution in [2.24, 2.45) is 7.05 Å². The number of halogens is 2. The molecule has 1 rings (SSSR count). The van der Waals surface area contributed by atoms with E-state index in [2.05, 4.69) is 9.84 Å². The van der Waals surface area contributed by atoms with Gasteiger partial charge in [-0.1, -0.05) is 0 Å². The normalized spacial score (nSPS) is 9.92. The van der Waals surface area contributed by atoms with Gasteiger partial charge in [-0.05, 0) is 0 Å². The van der Waals surface area contributed by atoms with Crippen LogP contribution in [0.1, 0.15) is 5.69 Å². The average Bonchev–Trinajstić information content (AvgIpc) is 2.29. The minimum Gasteiger partial charge on any atom is -0.411 e. The molecule has 0 amide bonds. The molecule has 4 nitrogen and oxygen atoms in total. The first kappa shape index (κ1) is 8.99. The summed E-state index contributed by atoms with van der Waals surface area (Å²) in [5.74, 6) is 0.0556. The van der Waals surface area contributed by atoms with Crippen LogP contribution >= 0.6 is 11.6 Å². The maximum atomic E-state index is 12.1. The third-order valence-electron chi connectivity index (χ3n) is 1.18. The first-order chi connectivity index (χ1) is 5.63. The SMILES string of the molecule is Cn1cc(OC(=O)Cl)c(CF)n1. The Labute approximate surface area is 72.9 Å². The molecule has 0 radical (unpaired) electrons. The number of aryl methyl sites for hydroxylation is 1. The van der Waals surface area contributed by atoms with Gasteiger partial charge < -0.3 is 4.74 Å². The van der Waals surface area contributed by atoms with E-state index in [1.54, 1.807) is 7.05 Å². The van der Waals surface area contributed by atoms with Crippen LogP contribution in [-0.4, -0.2) is 15.2 Å². The molecule has 66 valence electrons. The zero-order valence-electron chi connectivity index (χ0n) is 6.25. The Kier molecular flexibility index (Phi) is 2.65. The molecule has 0 bridgehead atoms. The minimum absolute atomic E-state index is 0.0556. The number of carbonyl (C=O) groups excluding carboxylic acids is 1. The monoisotopic (exact) mass is 192 g/mol. The van der Waals surface area contributed by atoms with Gasteiger partial charge >= 0.3 is 5.43 Å². The highest BCUT2D eigenvalue weighted by atomic mass is 35.5. The number of aromatic nitrogens is 2. The quantitative estimate of drug-likeness (QED) is 0.669. The molecule has 0 atom stereocenters. The molecule has 0 aromatic carbocycles. The van der Waals surface area contributed by atoms with Crippen molar-refractivity contribution in [1.29, 1.82) is 0 Å². The van der Waals surface area contributed by atoms with Crippen molar-refractivity contribution in [3.63, 3.8) is 0 Å². The molecule has 0 saturated carbocycles.